The van der Waals surface area contributed by atoms with Crippen LogP contribution in [-0.4, -0.2) is 28.4 Å². The predicted molar refractivity (Wildman–Crippen MR) is 115 cm³/mol. The van der Waals surface area contributed by atoms with Gasteiger partial charge in [-0.1, -0.05) is 25.1 Å². The van der Waals surface area contributed by atoms with Crippen molar-refractivity contribution in [1.29, 1.82) is 0 Å². The molecule has 0 saturated heterocycles. The number of aryl methyl sites for hydroxylation is 2. The Kier molecular flexibility index (Phi) is 4.73. The molecule has 3 aliphatic rings. The smallest absolute Gasteiger partial charge is 0.362 e. The van der Waals surface area contributed by atoms with Crippen LogP contribution >= 0.6 is 0 Å². The Bertz CT molecular complexity index is 1240. The van der Waals surface area contributed by atoms with Gasteiger partial charge in [-0.2, -0.15) is 28.5 Å². The van der Waals surface area contributed by atoms with Crippen LogP contribution in [-0.2, 0) is 23.4 Å². The van der Waals surface area contributed by atoms with Crippen molar-refractivity contribution in [3.05, 3.63) is 70.3 Å². The Morgan fingerprint density at radius 2 is 2.09 bits per heavy atom. The fraction of sp³-hybridized carbons (Fsp3) is 0.391. The van der Waals surface area contributed by atoms with Crippen molar-refractivity contribution in [2.24, 2.45) is 17.3 Å². The number of aromatic nitrogens is 2. The standard InChI is InChI=1S/C23H23F3N6O/c1-4-22(14-6-5-7-15(10-14)23(24,25)26)16-11-27-29-20(16)28-17-8-9-32(21(33)19(17)22)18-12-31(3)30-13(18)2/h5-7,10-12,20,28H,4,8-9H2,1-3H3/t20?,22-/m1/s1. The van der Waals surface area contributed by atoms with Gasteiger partial charge in [0.1, 0.15) is 0 Å². The number of halogens is 3. The molecule has 1 unspecified atom stereocenters. The third-order valence-electron chi connectivity index (χ3n) is 6.74. The van der Waals surface area contributed by atoms with E-state index >= 15 is 0 Å². The van der Waals surface area contributed by atoms with Gasteiger partial charge in [0.15, 0.2) is 6.17 Å². The maximum Gasteiger partial charge on any atom is 0.416 e. The molecule has 0 saturated carbocycles. The van der Waals surface area contributed by atoms with Crippen molar-refractivity contribution in [3.63, 3.8) is 0 Å². The van der Waals surface area contributed by atoms with Crippen LogP contribution < -0.4 is 10.2 Å². The Balaban J connectivity index is 1.72. The van der Waals surface area contributed by atoms with Gasteiger partial charge >= 0.3 is 6.18 Å². The minimum absolute atomic E-state index is 0.245. The number of carbonyl (C=O) groups excluding carboxylic acids is 1. The number of azo groups is 1. The van der Waals surface area contributed by atoms with Crippen molar-refractivity contribution >= 4 is 11.6 Å². The van der Waals surface area contributed by atoms with Gasteiger partial charge in [-0.25, -0.2) is 0 Å². The molecule has 0 bridgehead atoms. The predicted octanol–water partition coefficient (Wildman–Crippen LogP) is 4.37. The van der Waals surface area contributed by atoms with Gasteiger partial charge in [0.25, 0.3) is 5.91 Å². The van der Waals surface area contributed by atoms with Crippen LogP contribution in [0.5, 0.6) is 0 Å². The van der Waals surface area contributed by atoms with Crippen molar-refractivity contribution in [2.75, 3.05) is 11.4 Å². The number of alkyl halides is 3. The van der Waals surface area contributed by atoms with Crippen molar-refractivity contribution < 1.29 is 18.0 Å². The molecule has 0 radical (unpaired) electrons. The molecule has 10 heteroatoms. The summed E-state index contributed by atoms with van der Waals surface area (Å²) in [5.41, 5.74) is 1.83. The number of rotatable bonds is 3. The number of anilines is 1. The second-order valence-electron chi connectivity index (χ2n) is 8.53. The van der Waals surface area contributed by atoms with E-state index in [4.69, 9.17) is 0 Å². The molecule has 0 fully saturated rings. The van der Waals surface area contributed by atoms with Crippen LogP contribution in [0.4, 0.5) is 18.9 Å². The minimum atomic E-state index is -4.50. The van der Waals surface area contributed by atoms with Crippen LogP contribution in [0.15, 0.2) is 63.7 Å². The van der Waals surface area contributed by atoms with Gasteiger partial charge in [0.2, 0.25) is 0 Å². The molecule has 1 N–H and O–H groups in total. The van der Waals surface area contributed by atoms with Gasteiger partial charge in [0.05, 0.1) is 34.1 Å². The van der Waals surface area contributed by atoms with Crippen molar-refractivity contribution in [3.8, 4) is 0 Å². The summed E-state index contributed by atoms with van der Waals surface area (Å²) >= 11 is 0. The number of benzene rings is 1. The van der Waals surface area contributed by atoms with E-state index in [1.54, 1.807) is 35.1 Å². The van der Waals surface area contributed by atoms with Gasteiger partial charge in [-0.3, -0.25) is 9.48 Å². The zero-order valence-corrected chi connectivity index (χ0v) is 18.4. The summed E-state index contributed by atoms with van der Waals surface area (Å²) in [5.74, 6) is -0.245. The van der Waals surface area contributed by atoms with E-state index in [0.29, 0.717) is 53.2 Å². The van der Waals surface area contributed by atoms with E-state index in [1.807, 2.05) is 13.8 Å². The normalized spacial score (nSPS) is 24.5. The highest BCUT2D eigenvalue weighted by molar-refractivity contribution is 6.10. The molecule has 0 aliphatic carbocycles. The first-order valence-electron chi connectivity index (χ1n) is 10.8. The molecule has 4 heterocycles. The van der Waals surface area contributed by atoms with E-state index in [-0.39, 0.29) is 5.91 Å². The molecular formula is C23H23F3N6O. The Morgan fingerprint density at radius 3 is 2.76 bits per heavy atom. The Labute approximate surface area is 188 Å². The molecule has 2 aromatic rings. The van der Waals surface area contributed by atoms with Crippen LogP contribution in [0.3, 0.4) is 0 Å². The highest BCUT2D eigenvalue weighted by Crippen LogP contribution is 2.52. The van der Waals surface area contributed by atoms with Crippen LogP contribution in [0.2, 0.25) is 0 Å². The fourth-order valence-corrected chi connectivity index (χ4v) is 5.29. The second-order valence-corrected chi connectivity index (χ2v) is 8.53. The lowest BCUT2D eigenvalue weighted by Crippen LogP contribution is -2.54. The summed E-state index contributed by atoms with van der Waals surface area (Å²) in [5, 5.41) is 16.0. The molecule has 7 nitrogen and oxygen atoms in total. The Hall–Kier alpha value is -3.43. The molecule has 2 atom stereocenters. The molecule has 172 valence electrons. The number of hydrogen-bond acceptors (Lipinski definition) is 5. The number of hydrogen-bond donors (Lipinski definition) is 1. The number of amides is 1. The largest absolute Gasteiger partial charge is 0.416 e. The van der Waals surface area contributed by atoms with Crippen LogP contribution in [0, 0.1) is 6.92 Å². The molecule has 0 spiro atoms. The Morgan fingerprint density at radius 1 is 1.30 bits per heavy atom. The first kappa shape index (κ1) is 21.4. The van der Waals surface area contributed by atoms with Crippen molar-refractivity contribution in [2.45, 2.75) is 44.4 Å². The summed E-state index contributed by atoms with van der Waals surface area (Å²) in [6, 6.07) is 5.25. The molecular weight excluding hydrogens is 433 g/mol. The third kappa shape index (κ3) is 3.11. The van der Waals surface area contributed by atoms with Gasteiger partial charge in [-0.15, -0.1) is 0 Å². The van der Waals surface area contributed by atoms with E-state index in [9.17, 15) is 18.0 Å². The SMILES string of the molecule is CC[C@@]1(c2cccc(C(F)(F)F)c2)C2=CN=NC2NC2=C1C(=O)N(c1cn(C)nc1C)CC2. The summed E-state index contributed by atoms with van der Waals surface area (Å²) in [4.78, 5) is 15.7. The molecule has 1 amide bonds. The first-order valence-corrected chi connectivity index (χ1v) is 10.8. The minimum Gasteiger partial charge on any atom is -0.362 e. The highest BCUT2D eigenvalue weighted by atomic mass is 19.4. The van der Waals surface area contributed by atoms with E-state index in [2.05, 4.69) is 20.6 Å². The fourth-order valence-electron chi connectivity index (χ4n) is 5.29. The van der Waals surface area contributed by atoms with Crippen LogP contribution in [0.25, 0.3) is 0 Å². The quantitative estimate of drug-likeness (QED) is 0.746. The average molecular weight is 456 g/mol. The number of nitrogens with one attached hydrogen (secondary N) is 1. The summed E-state index contributed by atoms with van der Waals surface area (Å²) < 4.78 is 42.5. The lowest BCUT2D eigenvalue weighted by molar-refractivity contribution is -0.137. The van der Waals surface area contributed by atoms with Gasteiger partial charge < -0.3 is 10.2 Å². The first-order chi connectivity index (χ1) is 15.7. The number of fused-ring (bicyclic) bond motifs is 1. The van der Waals surface area contributed by atoms with E-state index in [0.717, 1.165) is 12.1 Å². The summed E-state index contributed by atoms with van der Waals surface area (Å²) in [6.45, 7) is 4.15. The van der Waals surface area contributed by atoms with Crippen LogP contribution in [0.1, 0.15) is 36.6 Å². The molecule has 1 aromatic heterocycles. The van der Waals surface area contributed by atoms with E-state index < -0.39 is 23.3 Å². The second kappa shape index (κ2) is 7.29. The zero-order valence-electron chi connectivity index (χ0n) is 18.4. The lowest BCUT2D eigenvalue weighted by atomic mass is 9.62. The molecule has 1 aromatic carbocycles. The lowest BCUT2D eigenvalue weighted by Gasteiger charge is -2.47. The van der Waals surface area contributed by atoms with Crippen molar-refractivity contribution in [1.82, 2.24) is 15.1 Å². The highest BCUT2D eigenvalue weighted by Gasteiger charge is 2.53. The van der Waals surface area contributed by atoms with Gasteiger partial charge in [0, 0.05) is 37.5 Å². The number of carbonyl (C=O) groups is 1. The summed E-state index contributed by atoms with van der Waals surface area (Å²) in [6.07, 6.45) is -0.730. The van der Waals surface area contributed by atoms with E-state index in [1.165, 1.54) is 6.07 Å². The summed E-state index contributed by atoms with van der Waals surface area (Å²) in [7, 11) is 1.79. The molecule has 3 aliphatic heterocycles. The molecule has 5 rings (SSSR count). The zero-order chi connectivity index (χ0) is 23.5. The van der Waals surface area contributed by atoms with Gasteiger partial charge in [-0.05, 0) is 25.0 Å². The number of nitrogens with zero attached hydrogens (tertiary/aromatic N) is 5. The maximum atomic E-state index is 14.0. The average Bonchev–Trinajstić information content (AvgIpc) is 3.38. The third-order valence-corrected chi connectivity index (χ3v) is 6.74. The topological polar surface area (TPSA) is 74.9 Å². The maximum absolute atomic E-state index is 14.0. The molecule has 33 heavy (non-hydrogen) atoms. The monoisotopic (exact) mass is 456 g/mol.